The first kappa shape index (κ1) is 16.7. The molecule has 0 aromatic heterocycles. The van der Waals surface area contributed by atoms with Crippen LogP contribution in [0.5, 0.6) is 0 Å². The molecule has 0 radical (unpaired) electrons. The molecule has 21 heavy (non-hydrogen) atoms. The van der Waals surface area contributed by atoms with E-state index >= 15 is 0 Å². The van der Waals surface area contributed by atoms with Gasteiger partial charge in [-0.1, -0.05) is 13.8 Å². The Morgan fingerprint density at radius 1 is 1.24 bits per heavy atom. The van der Waals surface area contributed by atoms with Crippen LogP contribution in [-0.2, 0) is 10.0 Å². The number of rotatable bonds is 3. The number of nitrogens with two attached hydrogens (primary N) is 1. The zero-order valence-corrected chi connectivity index (χ0v) is 14.5. The van der Waals surface area contributed by atoms with Gasteiger partial charge in [-0.05, 0) is 59.2 Å². The van der Waals surface area contributed by atoms with Gasteiger partial charge in [0.2, 0.25) is 10.0 Å². The third-order valence-corrected chi connectivity index (χ3v) is 6.03. The van der Waals surface area contributed by atoms with E-state index in [1.807, 2.05) is 0 Å². The van der Waals surface area contributed by atoms with Crippen LogP contribution in [0.25, 0.3) is 0 Å². The van der Waals surface area contributed by atoms with E-state index in [0.717, 1.165) is 25.3 Å². The maximum Gasteiger partial charge on any atom is 0.242 e. The summed E-state index contributed by atoms with van der Waals surface area (Å²) in [6, 6.07) is 2.13. The van der Waals surface area contributed by atoms with Gasteiger partial charge < -0.3 is 5.73 Å². The highest BCUT2D eigenvalue weighted by Gasteiger charge is 2.29. The predicted octanol–water partition coefficient (Wildman–Crippen LogP) is 3.27. The van der Waals surface area contributed by atoms with Crippen LogP contribution in [0.4, 0.5) is 10.1 Å². The molecule has 0 heterocycles. The number of nitrogens with one attached hydrogen (secondary N) is 1. The molecule has 1 fully saturated rings. The predicted molar refractivity (Wildman–Crippen MR) is 84.8 cm³/mol. The van der Waals surface area contributed by atoms with E-state index in [9.17, 15) is 12.8 Å². The highest BCUT2D eigenvalue weighted by molar-refractivity contribution is 9.10. The quantitative estimate of drug-likeness (QED) is 0.792. The van der Waals surface area contributed by atoms with Crippen LogP contribution < -0.4 is 10.5 Å². The van der Waals surface area contributed by atoms with Crippen molar-refractivity contribution in [2.24, 2.45) is 11.8 Å². The largest absolute Gasteiger partial charge is 0.398 e. The summed E-state index contributed by atoms with van der Waals surface area (Å²) in [7, 11) is -3.75. The number of halogens is 2. The van der Waals surface area contributed by atoms with Crippen molar-refractivity contribution >= 4 is 31.6 Å². The first-order valence-electron chi connectivity index (χ1n) is 6.96. The summed E-state index contributed by atoms with van der Waals surface area (Å²) in [6.07, 6.45) is 2.74. The summed E-state index contributed by atoms with van der Waals surface area (Å²) in [6.45, 7) is 4.25. The first-order valence-corrected chi connectivity index (χ1v) is 9.23. The number of nitrogen functional groups attached to an aromatic ring is 1. The Hall–Kier alpha value is -0.660. The van der Waals surface area contributed by atoms with E-state index < -0.39 is 15.8 Å². The van der Waals surface area contributed by atoms with E-state index in [-0.39, 0.29) is 21.1 Å². The highest BCUT2D eigenvalue weighted by atomic mass is 79.9. The lowest BCUT2D eigenvalue weighted by Crippen LogP contribution is -2.40. The minimum atomic E-state index is -3.75. The van der Waals surface area contributed by atoms with Crippen molar-refractivity contribution in [1.82, 2.24) is 4.72 Å². The zero-order chi connectivity index (χ0) is 15.8. The second-order valence-corrected chi connectivity index (χ2v) is 8.58. The molecule has 0 bridgehead atoms. The molecule has 2 atom stereocenters. The second-order valence-electron chi connectivity index (χ2n) is 6.04. The van der Waals surface area contributed by atoms with Crippen molar-refractivity contribution in [3.05, 3.63) is 22.4 Å². The van der Waals surface area contributed by atoms with Crippen LogP contribution in [-0.4, -0.2) is 14.5 Å². The van der Waals surface area contributed by atoms with Gasteiger partial charge in [0.05, 0.1) is 10.2 Å². The SMILES string of the molecule is CC1CC(C)CC(NS(=O)(=O)c2cc(Br)c(F)cc2N)C1. The van der Waals surface area contributed by atoms with E-state index in [4.69, 9.17) is 5.73 Å². The average Bonchev–Trinajstić information content (AvgIpc) is 2.31. The van der Waals surface area contributed by atoms with Gasteiger partial charge >= 0.3 is 0 Å². The standard InChI is InChI=1S/C14H20BrFN2O2S/c1-8-3-9(2)5-10(4-8)18-21(19,20)14-6-11(15)12(16)7-13(14)17/h6-10,18H,3-5,17H2,1-2H3. The molecule has 4 nitrogen and oxygen atoms in total. The Balaban J connectivity index is 2.24. The number of anilines is 1. The van der Waals surface area contributed by atoms with Crippen LogP contribution in [0.1, 0.15) is 33.1 Å². The minimum absolute atomic E-state index is 0.0818. The third kappa shape index (κ3) is 3.96. The van der Waals surface area contributed by atoms with Crippen molar-refractivity contribution in [1.29, 1.82) is 0 Å². The van der Waals surface area contributed by atoms with E-state index in [0.29, 0.717) is 11.8 Å². The summed E-state index contributed by atoms with van der Waals surface area (Å²) in [5, 5.41) is 0. The number of sulfonamides is 1. The molecule has 7 heteroatoms. The van der Waals surface area contributed by atoms with Gasteiger partial charge in [0, 0.05) is 6.04 Å². The molecule has 1 saturated carbocycles. The Labute approximate surface area is 133 Å². The molecule has 2 unspecified atom stereocenters. The Kier molecular flexibility index (Phi) is 4.95. The molecule has 0 amide bonds. The van der Waals surface area contributed by atoms with Crippen molar-refractivity contribution < 1.29 is 12.8 Å². The minimum Gasteiger partial charge on any atom is -0.398 e. The van der Waals surface area contributed by atoms with Crippen molar-refractivity contribution in [3.63, 3.8) is 0 Å². The number of hydrogen-bond acceptors (Lipinski definition) is 3. The fraction of sp³-hybridized carbons (Fsp3) is 0.571. The summed E-state index contributed by atoms with van der Waals surface area (Å²) in [5.74, 6) is 0.392. The zero-order valence-electron chi connectivity index (χ0n) is 12.1. The van der Waals surface area contributed by atoms with Crippen molar-refractivity contribution in [2.45, 2.75) is 44.0 Å². The van der Waals surface area contributed by atoms with Gasteiger partial charge in [-0.3, -0.25) is 0 Å². The summed E-state index contributed by atoms with van der Waals surface area (Å²) >= 11 is 2.99. The van der Waals surface area contributed by atoms with E-state index in [1.54, 1.807) is 0 Å². The van der Waals surface area contributed by atoms with Gasteiger partial charge in [0.1, 0.15) is 10.7 Å². The topological polar surface area (TPSA) is 72.2 Å². The number of hydrogen-bond donors (Lipinski definition) is 2. The van der Waals surface area contributed by atoms with Crippen LogP contribution in [0.15, 0.2) is 21.5 Å². The molecule has 0 aliphatic heterocycles. The maximum atomic E-state index is 13.4. The molecule has 0 spiro atoms. The van der Waals surface area contributed by atoms with Crippen molar-refractivity contribution in [2.75, 3.05) is 5.73 Å². The lowest BCUT2D eigenvalue weighted by molar-refractivity contribution is 0.258. The normalized spacial score (nSPS) is 26.8. The van der Waals surface area contributed by atoms with Crippen LogP contribution in [0.2, 0.25) is 0 Å². The third-order valence-electron chi connectivity index (χ3n) is 3.84. The molecule has 1 aromatic carbocycles. The maximum absolute atomic E-state index is 13.4. The van der Waals surface area contributed by atoms with Gasteiger partial charge in [0.25, 0.3) is 0 Å². The first-order chi connectivity index (χ1) is 9.69. The lowest BCUT2D eigenvalue weighted by Gasteiger charge is -2.31. The molecule has 1 aromatic rings. The van der Waals surface area contributed by atoms with Crippen LogP contribution >= 0.6 is 15.9 Å². The summed E-state index contributed by atoms with van der Waals surface area (Å²) in [5.41, 5.74) is 5.57. The van der Waals surface area contributed by atoms with Gasteiger partial charge in [0.15, 0.2) is 0 Å². The number of benzene rings is 1. The highest BCUT2D eigenvalue weighted by Crippen LogP contribution is 2.31. The van der Waals surface area contributed by atoms with Gasteiger partial charge in [-0.15, -0.1) is 0 Å². The lowest BCUT2D eigenvalue weighted by atomic mass is 9.81. The molecule has 2 rings (SSSR count). The summed E-state index contributed by atoms with van der Waals surface area (Å²) < 4.78 is 41.1. The van der Waals surface area contributed by atoms with Crippen molar-refractivity contribution in [3.8, 4) is 0 Å². The average molecular weight is 379 g/mol. The Bertz CT molecular complexity index is 626. The van der Waals surface area contributed by atoms with E-state index in [2.05, 4.69) is 34.5 Å². The Morgan fingerprint density at radius 2 is 1.81 bits per heavy atom. The monoisotopic (exact) mass is 378 g/mol. The van der Waals surface area contributed by atoms with Gasteiger partial charge in [-0.25, -0.2) is 17.5 Å². The molecule has 1 aliphatic carbocycles. The smallest absolute Gasteiger partial charge is 0.242 e. The second kappa shape index (κ2) is 6.22. The van der Waals surface area contributed by atoms with E-state index in [1.165, 1.54) is 6.07 Å². The molecule has 118 valence electrons. The molecular weight excluding hydrogens is 359 g/mol. The fourth-order valence-corrected chi connectivity index (χ4v) is 5.00. The molecule has 0 saturated heterocycles. The Morgan fingerprint density at radius 3 is 2.38 bits per heavy atom. The molecule has 3 N–H and O–H groups in total. The van der Waals surface area contributed by atoms with Crippen LogP contribution in [0.3, 0.4) is 0 Å². The summed E-state index contributed by atoms with van der Waals surface area (Å²) in [4.78, 5) is -0.0818. The molecular formula is C14H20BrFN2O2S. The molecule has 1 aliphatic rings. The van der Waals surface area contributed by atoms with Crippen LogP contribution in [0, 0.1) is 17.7 Å². The fourth-order valence-electron chi connectivity index (χ4n) is 3.10. The van der Waals surface area contributed by atoms with Gasteiger partial charge in [-0.2, -0.15) is 0 Å².